The predicted octanol–water partition coefficient (Wildman–Crippen LogP) is 6.48. The summed E-state index contributed by atoms with van der Waals surface area (Å²) in [6.45, 7) is 11.0. The van der Waals surface area contributed by atoms with Crippen LogP contribution in [0.15, 0.2) is 42.5 Å². The Morgan fingerprint density at radius 3 is 2.12 bits per heavy atom. The van der Waals surface area contributed by atoms with Gasteiger partial charge in [0.05, 0.1) is 12.3 Å². The number of rotatable bonds is 8. The van der Waals surface area contributed by atoms with Crippen molar-refractivity contribution in [2.75, 3.05) is 6.61 Å². The van der Waals surface area contributed by atoms with Crippen molar-refractivity contribution < 1.29 is 9.09 Å². The van der Waals surface area contributed by atoms with Crippen LogP contribution in [0.5, 0.6) is 0 Å². The van der Waals surface area contributed by atoms with E-state index in [0.717, 1.165) is 24.6 Å². The Kier molecular flexibility index (Phi) is 7.04. The van der Waals surface area contributed by atoms with Crippen LogP contribution in [0.2, 0.25) is 0 Å². The third-order valence-corrected chi connectivity index (χ3v) is 7.75. The summed E-state index contributed by atoms with van der Waals surface area (Å²) >= 11 is 0. The fraction of sp³-hybridized carbons (Fsp3) is 0.455. The van der Waals surface area contributed by atoms with Crippen molar-refractivity contribution in [3.63, 3.8) is 0 Å². The maximum atomic E-state index is 14.2. The van der Waals surface area contributed by atoms with E-state index in [1.54, 1.807) is 0 Å². The highest BCUT2D eigenvalue weighted by atomic mass is 31.2. The molecule has 3 heteroatoms. The molecule has 0 bridgehead atoms. The Morgan fingerprint density at radius 1 is 1.00 bits per heavy atom. The third-order valence-electron chi connectivity index (χ3n) is 4.75. The molecule has 136 valence electrons. The van der Waals surface area contributed by atoms with Crippen molar-refractivity contribution in [1.82, 2.24) is 0 Å². The molecule has 2 unspecified atom stereocenters. The Hall–Kier alpha value is -1.37. The van der Waals surface area contributed by atoms with Gasteiger partial charge in [-0.3, -0.25) is 4.57 Å². The molecular weight excluding hydrogens is 327 g/mol. The average molecular weight is 358 g/mol. The molecule has 0 radical (unpaired) electrons. The maximum Gasteiger partial charge on any atom is 0.239 e. The van der Waals surface area contributed by atoms with Crippen molar-refractivity contribution in [3.05, 3.63) is 64.7 Å². The monoisotopic (exact) mass is 358 g/mol. The van der Waals surface area contributed by atoms with E-state index in [0.29, 0.717) is 6.61 Å². The summed E-state index contributed by atoms with van der Waals surface area (Å²) in [4.78, 5) is 0. The van der Waals surface area contributed by atoms with Gasteiger partial charge >= 0.3 is 0 Å². The van der Waals surface area contributed by atoms with Crippen molar-refractivity contribution >= 4 is 12.7 Å². The number of aryl methyl sites for hydroxylation is 3. The average Bonchev–Trinajstić information content (AvgIpc) is 2.58. The molecule has 0 aromatic heterocycles. The normalized spacial score (nSPS) is 14.9. The Labute approximate surface area is 153 Å². The molecule has 0 saturated heterocycles. The zero-order chi connectivity index (χ0) is 18.4. The van der Waals surface area contributed by atoms with Crippen molar-refractivity contribution in [2.24, 2.45) is 0 Å². The molecule has 2 atom stereocenters. The van der Waals surface area contributed by atoms with Crippen LogP contribution < -0.4 is 5.30 Å². The molecule has 0 N–H and O–H groups in total. The third kappa shape index (κ3) is 4.43. The van der Waals surface area contributed by atoms with Gasteiger partial charge in [-0.05, 0) is 62.9 Å². The standard InChI is InChI=1S/C22H31O2P/c1-6-8-14-21(22-18(4)15-17(3)16-19(22)5)25(23,24-7-2)20-12-10-9-11-13-20/h9-13,15-16,21H,6-8,14H2,1-5H3. The summed E-state index contributed by atoms with van der Waals surface area (Å²) in [5, 5.41) is 0.831. The molecule has 25 heavy (non-hydrogen) atoms. The highest BCUT2D eigenvalue weighted by molar-refractivity contribution is 7.67. The lowest BCUT2D eigenvalue weighted by atomic mass is 9.95. The van der Waals surface area contributed by atoms with Crippen LogP contribution in [0.1, 0.15) is 61.0 Å². The lowest BCUT2D eigenvalue weighted by Gasteiger charge is -2.30. The number of hydrogen-bond acceptors (Lipinski definition) is 2. The Balaban J connectivity index is 2.64. The highest BCUT2D eigenvalue weighted by Gasteiger charge is 2.38. The Bertz CT molecular complexity index is 714. The topological polar surface area (TPSA) is 26.3 Å². The van der Waals surface area contributed by atoms with Crippen LogP contribution in [-0.2, 0) is 9.09 Å². The van der Waals surface area contributed by atoms with Crippen LogP contribution in [0.4, 0.5) is 0 Å². The minimum atomic E-state index is -3.00. The fourth-order valence-corrected chi connectivity index (χ4v) is 6.70. The van der Waals surface area contributed by atoms with Crippen molar-refractivity contribution in [2.45, 2.75) is 59.5 Å². The zero-order valence-corrected chi connectivity index (χ0v) is 17.1. The molecule has 0 aliphatic carbocycles. The number of unbranched alkanes of at least 4 members (excludes halogenated alkanes) is 1. The first kappa shape index (κ1) is 19.9. The molecule has 2 aromatic carbocycles. The van der Waals surface area contributed by atoms with Gasteiger partial charge < -0.3 is 4.52 Å². The van der Waals surface area contributed by atoms with Crippen LogP contribution in [-0.4, -0.2) is 6.61 Å². The van der Waals surface area contributed by atoms with Gasteiger partial charge in [-0.1, -0.05) is 55.7 Å². The molecule has 2 aromatic rings. The summed E-state index contributed by atoms with van der Waals surface area (Å²) in [5.41, 5.74) is 4.80. The van der Waals surface area contributed by atoms with Gasteiger partial charge in [-0.2, -0.15) is 0 Å². The van der Waals surface area contributed by atoms with Crippen LogP contribution in [0, 0.1) is 20.8 Å². The van der Waals surface area contributed by atoms with Crippen LogP contribution in [0.3, 0.4) is 0 Å². The number of hydrogen-bond donors (Lipinski definition) is 0. The minimum Gasteiger partial charge on any atom is -0.325 e. The van der Waals surface area contributed by atoms with Crippen LogP contribution in [0.25, 0.3) is 0 Å². The second-order valence-corrected chi connectivity index (χ2v) is 9.41. The summed E-state index contributed by atoms with van der Waals surface area (Å²) in [6.07, 6.45) is 3.01. The van der Waals surface area contributed by atoms with E-state index in [1.165, 1.54) is 22.3 Å². The van der Waals surface area contributed by atoms with Gasteiger partial charge in [-0.25, -0.2) is 0 Å². The Morgan fingerprint density at radius 2 is 1.60 bits per heavy atom. The molecule has 0 heterocycles. The lowest BCUT2D eigenvalue weighted by molar-refractivity contribution is 0.331. The van der Waals surface area contributed by atoms with Crippen LogP contribution >= 0.6 is 7.37 Å². The maximum absolute atomic E-state index is 14.2. The van der Waals surface area contributed by atoms with E-state index in [2.05, 4.69) is 39.8 Å². The van der Waals surface area contributed by atoms with Gasteiger partial charge in [0, 0.05) is 5.30 Å². The fourth-order valence-electron chi connectivity index (χ4n) is 3.77. The van der Waals surface area contributed by atoms with Crippen molar-refractivity contribution in [3.8, 4) is 0 Å². The first-order chi connectivity index (χ1) is 11.9. The first-order valence-corrected chi connectivity index (χ1v) is 11.0. The van der Waals surface area contributed by atoms with Gasteiger partial charge in [0.15, 0.2) is 0 Å². The first-order valence-electron chi connectivity index (χ1n) is 9.31. The zero-order valence-electron chi connectivity index (χ0n) is 16.2. The molecule has 0 spiro atoms. The largest absolute Gasteiger partial charge is 0.325 e. The highest BCUT2D eigenvalue weighted by Crippen LogP contribution is 2.62. The molecule has 2 rings (SSSR count). The summed E-state index contributed by atoms with van der Waals surface area (Å²) in [5.74, 6) is 0. The molecule has 0 aliphatic rings. The molecule has 0 fully saturated rings. The molecule has 0 aliphatic heterocycles. The smallest absolute Gasteiger partial charge is 0.239 e. The van der Waals surface area contributed by atoms with Gasteiger partial charge in [0.25, 0.3) is 0 Å². The van der Waals surface area contributed by atoms with E-state index in [1.807, 2.05) is 37.3 Å². The van der Waals surface area contributed by atoms with E-state index in [-0.39, 0.29) is 5.66 Å². The van der Waals surface area contributed by atoms with E-state index >= 15 is 0 Å². The molecule has 0 saturated carbocycles. The second-order valence-electron chi connectivity index (χ2n) is 6.82. The quantitative estimate of drug-likeness (QED) is 0.505. The second kappa shape index (κ2) is 8.83. The predicted molar refractivity (Wildman–Crippen MR) is 108 cm³/mol. The minimum absolute atomic E-state index is 0.0876. The number of benzene rings is 2. The van der Waals surface area contributed by atoms with E-state index in [9.17, 15) is 4.57 Å². The van der Waals surface area contributed by atoms with Gasteiger partial charge in [0.2, 0.25) is 7.37 Å². The summed E-state index contributed by atoms with van der Waals surface area (Å²) in [6, 6.07) is 14.2. The molecular formula is C22H31O2P. The van der Waals surface area contributed by atoms with E-state index < -0.39 is 7.37 Å². The molecule has 0 amide bonds. The summed E-state index contributed by atoms with van der Waals surface area (Å²) < 4.78 is 20.2. The van der Waals surface area contributed by atoms with E-state index in [4.69, 9.17) is 4.52 Å². The summed E-state index contributed by atoms with van der Waals surface area (Å²) in [7, 11) is -3.00. The van der Waals surface area contributed by atoms with Gasteiger partial charge in [-0.15, -0.1) is 0 Å². The SMILES string of the molecule is CCCCC(c1c(C)cc(C)cc1C)P(=O)(OCC)c1ccccc1. The molecule has 2 nitrogen and oxygen atoms in total. The lowest BCUT2D eigenvalue weighted by Crippen LogP contribution is -2.16. The van der Waals surface area contributed by atoms with Crippen molar-refractivity contribution in [1.29, 1.82) is 0 Å². The van der Waals surface area contributed by atoms with Gasteiger partial charge in [0.1, 0.15) is 0 Å².